The van der Waals surface area contributed by atoms with E-state index in [1.807, 2.05) is 21.5 Å². The summed E-state index contributed by atoms with van der Waals surface area (Å²) in [7, 11) is 0. The van der Waals surface area contributed by atoms with Gasteiger partial charge in [-0.2, -0.15) is 0 Å². The zero-order valence-electron chi connectivity index (χ0n) is 17.0. The average Bonchev–Trinajstić information content (AvgIpc) is 3.22. The van der Waals surface area contributed by atoms with E-state index in [0.29, 0.717) is 18.8 Å². The Labute approximate surface area is 161 Å². The molecule has 0 radical (unpaired) electrons. The molecule has 27 heavy (non-hydrogen) atoms. The Balaban J connectivity index is 2.04. The molecule has 5 nitrogen and oxygen atoms in total. The van der Waals surface area contributed by atoms with Crippen molar-refractivity contribution in [3.05, 3.63) is 66.3 Å². The number of aromatic hydroxyl groups is 1. The van der Waals surface area contributed by atoms with Crippen LogP contribution in [0.25, 0.3) is 0 Å². The number of hydrogen-bond donors (Lipinski definition) is 1. The molecule has 0 fully saturated rings. The Morgan fingerprint density at radius 3 is 1.70 bits per heavy atom. The molecule has 1 N–H and O–H groups in total. The van der Waals surface area contributed by atoms with Gasteiger partial charge < -0.3 is 14.2 Å². The fourth-order valence-corrected chi connectivity index (χ4v) is 3.97. The number of aromatic nitrogens is 4. The second kappa shape index (κ2) is 7.22. The van der Waals surface area contributed by atoms with Crippen molar-refractivity contribution in [3.8, 4) is 5.75 Å². The summed E-state index contributed by atoms with van der Waals surface area (Å²) in [6.07, 6.45) is 12.0. The third kappa shape index (κ3) is 4.79. The maximum absolute atomic E-state index is 10.9. The molecule has 0 aliphatic carbocycles. The fraction of sp³-hybridized carbons (Fsp3) is 0.455. The van der Waals surface area contributed by atoms with Crippen LogP contribution in [-0.2, 0) is 18.5 Å². The maximum Gasteiger partial charge on any atom is 0.125 e. The van der Waals surface area contributed by atoms with E-state index in [9.17, 15) is 5.11 Å². The van der Waals surface area contributed by atoms with Crippen molar-refractivity contribution in [3.63, 3.8) is 0 Å². The first-order valence-electron chi connectivity index (χ1n) is 9.41. The second-order valence-corrected chi connectivity index (χ2v) is 9.23. The molecule has 0 saturated carbocycles. The Bertz CT molecular complexity index is 814. The monoisotopic (exact) mass is 366 g/mol. The summed E-state index contributed by atoms with van der Waals surface area (Å²) >= 11 is 0. The van der Waals surface area contributed by atoms with Crippen LogP contribution >= 0.6 is 0 Å². The lowest BCUT2D eigenvalue weighted by Gasteiger charge is -2.34. The Kier molecular flexibility index (Phi) is 5.13. The molecule has 3 aromatic rings. The van der Waals surface area contributed by atoms with Crippen LogP contribution in [0.5, 0.6) is 5.75 Å². The lowest BCUT2D eigenvalue weighted by molar-refractivity contribution is 0.283. The van der Waals surface area contributed by atoms with Crippen LogP contribution in [0.2, 0.25) is 0 Å². The zero-order chi connectivity index (χ0) is 19.7. The highest BCUT2D eigenvalue weighted by molar-refractivity contribution is 5.46. The third-order valence-electron chi connectivity index (χ3n) is 4.85. The largest absolute Gasteiger partial charge is 0.507 e. The summed E-state index contributed by atoms with van der Waals surface area (Å²) in [5.41, 5.74) is 3.31. The highest BCUT2D eigenvalue weighted by Crippen LogP contribution is 2.39. The molecule has 0 unspecified atom stereocenters. The van der Waals surface area contributed by atoms with Crippen molar-refractivity contribution >= 4 is 0 Å². The van der Waals surface area contributed by atoms with Gasteiger partial charge in [-0.1, -0.05) is 34.6 Å². The van der Waals surface area contributed by atoms with Gasteiger partial charge in [-0.05, 0) is 34.9 Å². The first-order valence-corrected chi connectivity index (χ1v) is 9.41. The van der Waals surface area contributed by atoms with Crippen molar-refractivity contribution in [2.45, 2.75) is 59.5 Å². The predicted molar refractivity (Wildman–Crippen MR) is 108 cm³/mol. The summed E-state index contributed by atoms with van der Waals surface area (Å²) in [6.45, 7) is 12.6. The van der Waals surface area contributed by atoms with Gasteiger partial charge in [0.1, 0.15) is 5.75 Å². The molecular weight excluding hydrogens is 336 g/mol. The molecule has 0 amide bonds. The van der Waals surface area contributed by atoms with Gasteiger partial charge in [0.2, 0.25) is 0 Å². The van der Waals surface area contributed by atoms with Gasteiger partial charge >= 0.3 is 0 Å². The van der Waals surface area contributed by atoms with Crippen LogP contribution in [0.3, 0.4) is 0 Å². The smallest absolute Gasteiger partial charge is 0.125 e. The lowest BCUT2D eigenvalue weighted by atomic mass is 9.71. The molecule has 2 heterocycles. The lowest BCUT2D eigenvalue weighted by Crippen LogP contribution is -2.25. The van der Waals surface area contributed by atoms with Crippen molar-refractivity contribution in [2.24, 2.45) is 5.41 Å². The number of phenols is 1. The molecule has 144 valence electrons. The molecule has 0 aliphatic heterocycles. The average molecular weight is 367 g/mol. The number of imidazole rings is 2. The number of nitrogens with zero attached hydrogens (tertiary/aromatic N) is 4. The van der Waals surface area contributed by atoms with Crippen LogP contribution in [0.15, 0.2) is 49.6 Å². The van der Waals surface area contributed by atoms with Gasteiger partial charge in [0.15, 0.2) is 0 Å². The van der Waals surface area contributed by atoms with Crippen molar-refractivity contribution in [1.29, 1.82) is 0 Å². The number of benzene rings is 1. The predicted octanol–water partition coefficient (Wildman–Crippen LogP) is 4.60. The van der Waals surface area contributed by atoms with Crippen molar-refractivity contribution < 1.29 is 5.11 Å². The summed E-state index contributed by atoms with van der Waals surface area (Å²) in [4.78, 5) is 8.24. The van der Waals surface area contributed by atoms with Gasteiger partial charge in [-0.3, -0.25) is 0 Å². The zero-order valence-corrected chi connectivity index (χ0v) is 17.0. The van der Waals surface area contributed by atoms with E-state index >= 15 is 0 Å². The van der Waals surface area contributed by atoms with Crippen LogP contribution in [0, 0.1) is 5.41 Å². The summed E-state index contributed by atoms with van der Waals surface area (Å²) in [6, 6.07) is 4.30. The van der Waals surface area contributed by atoms with Gasteiger partial charge in [0.25, 0.3) is 0 Å². The molecule has 3 rings (SSSR count). The molecule has 2 aromatic heterocycles. The highest BCUT2D eigenvalue weighted by atomic mass is 16.3. The molecular formula is C22H30N4O. The molecule has 1 aromatic carbocycles. The van der Waals surface area contributed by atoms with E-state index in [-0.39, 0.29) is 10.8 Å². The molecule has 0 bridgehead atoms. The van der Waals surface area contributed by atoms with Crippen LogP contribution in [0.4, 0.5) is 0 Å². The van der Waals surface area contributed by atoms with Crippen molar-refractivity contribution in [2.75, 3.05) is 0 Å². The maximum atomic E-state index is 10.9. The van der Waals surface area contributed by atoms with E-state index in [1.54, 1.807) is 25.0 Å². The van der Waals surface area contributed by atoms with E-state index in [4.69, 9.17) is 0 Å². The molecule has 0 atom stereocenters. The van der Waals surface area contributed by atoms with E-state index < -0.39 is 0 Å². The third-order valence-corrected chi connectivity index (χ3v) is 4.85. The fourth-order valence-electron chi connectivity index (χ4n) is 3.97. The Morgan fingerprint density at radius 2 is 1.33 bits per heavy atom. The number of rotatable bonds is 6. The van der Waals surface area contributed by atoms with E-state index in [2.05, 4.69) is 56.7 Å². The molecule has 0 aliphatic rings. The quantitative estimate of drug-likeness (QED) is 0.694. The Hall–Kier alpha value is -2.56. The van der Waals surface area contributed by atoms with E-state index in [0.717, 1.165) is 17.5 Å². The minimum absolute atomic E-state index is 0.000669. The molecule has 0 spiro atoms. The molecule has 5 heteroatoms. The molecule has 0 saturated heterocycles. The SMILES string of the molecule is CC(C)(C)CC(C)(C)c1cc(Cn2ccnc2)c(O)c(Cn2ccnc2)c1. The second-order valence-electron chi connectivity index (χ2n) is 9.23. The highest BCUT2D eigenvalue weighted by Gasteiger charge is 2.28. The normalized spacial score (nSPS) is 12.5. The summed E-state index contributed by atoms with van der Waals surface area (Å²) in [5.74, 6) is 0.354. The van der Waals surface area contributed by atoms with Gasteiger partial charge in [-0.15, -0.1) is 0 Å². The first-order chi connectivity index (χ1) is 12.6. The van der Waals surface area contributed by atoms with Crippen LogP contribution < -0.4 is 0 Å². The summed E-state index contributed by atoms with van der Waals surface area (Å²) in [5, 5.41) is 10.9. The summed E-state index contributed by atoms with van der Waals surface area (Å²) < 4.78 is 3.97. The minimum Gasteiger partial charge on any atom is -0.507 e. The first kappa shape index (κ1) is 19.2. The van der Waals surface area contributed by atoms with Gasteiger partial charge in [0, 0.05) is 35.9 Å². The topological polar surface area (TPSA) is 55.9 Å². The van der Waals surface area contributed by atoms with Crippen LogP contribution in [0.1, 0.15) is 57.7 Å². The van der Waals surface area contributed by atoms with Crippen molar-refractivity contribution in [1.82, 2.24) is 19.1 Å². The van der Waals surface area contributed by atoms with Crippen LogP contribution in [-0.4, -0.2) is 24.2 Å². The number of phenolic OH excluding ortho intramolecular Hbond substituents is 1. The number of hydrogen-bond acceptors (Lipinski definition) is 3. The Morgan fingerprint density at radius 1 is 0.852 bits per heavy atom. The minimum atomic E-state index is -0.000669. The standard InChI is InChI=1S/C22H30N4O/c1-21(2,3)14-22(4,5)19-10-17(12-25-8-6-23-15-25)20(27)18(11-19)13-26-9-7-24-16-26/h6-11,15-16,27H,12-14H2,1-5H3. The van der Waals surface area contributed by atoms with Gasteiger partial charge in [-0.25, -0.2) is 9.97 Å². The van der Waals surface area contributed by atoms with E-state index in [1.165, 1.54) is 5.56 Å². The van der Waals surface area contributed by atoms with Gasteiger partial charge in [0.05, 0.1) is 25.7 Å².